The maximum atomic E-state index is 11.2. The smallest absolute Gasteiger partial charge is 0.159 e. The van der Waals surface area contributed by atoms with Crippen LogP contribution in [0, 0.1) is 30.6 Å². The van der Waals surface area contributed by atoms with Gasteiger partial charge in [-0.1, -0.05) is 106 Å². The maximum Gasteiger partial charge on any atom is 0.159 e. The zero-order chi connectivity index (χ0) is 36.0. The van der Waals surface area contributed by atoms with Crippen LogP contribution in [0.1, 0.15) is 126 Å². The van der Waals surface area contributed by atoms with Crippen molar-refractivity contribution in [2.45, 2.75) is 97.8 Å². The number of carbonyl (C=O) groups is 1. The number of hydrogen-bond acceptors (Lipinski definition) is 3. The number of ketones is 1. The number of aryl methyl sites for hydroxylation is 1. The van der Waals surface area contributed by atoms with Gasteiger partial charge in [-0.05, 0) is 66.5 Å². The number of benzene rings is 3. The van der Waals surface area contributed by atoms with E-state index < -0.39 is 24.7 Å². The SMILES string of the molecule is CC(C)CC(=O)/C=C(\O)CC(C)C.[2H]C1(C2=C[N-]C(c3[c-]c(C([2H])([2H])[2H])cc4c3oc3ccccc34)c3ccc(C4([2H])CCCC4)cc32)CC1.[Ir]. The van der Waals surface area contributed by atoms with Crippen LogP contribution in [0.15, 0.2) is 71.0 Å². The fraction of sp³-hybridized carbons (Fsp3) is 0.439. The first kappa shape index (κ1) is 27.9. The van der Waals surface area contributed by atoms with Gasteiger partial charge in [-0.2, -0.15) is 23.9 Å². The van der Waals surface area contributed by atoms with Gasteiger partial charge in [0.15, 0.2) is 5.78 Å². The molecule has 3 aliphatic rings. The van der Waals surface area contributed by atoms with Gasteiger partial charge in [0.1, 0.15) is 5.58 Å². The van der Waals surface area contributed by atoms with E-state index >= 15 is 0 Å². The van der Waals surface area contributed by atoms with E-state index in [1.807, 2.05) is 70.3 Å². The number of fused-ring (bicyclic) bond motifs is 4. The van der Waals surface area contributed by atoms with E-state index in [0.29, 0.717) is 41.4 Å². The molecule has 7 rings (SSSR count). The van der Waals surface area contributed by atoms with Crippen molar-refractivity contribution in [2.75, 3.05) is 0 Å². The Hall–Kier alpha value is -3.14. The van der Waals surface area contributed by atoms with Crippen molar-refractivity contribution >= 4 is 33.3 Å². The summed E-state index contributed by atoms with van der Waals surface area (Å²) in [6.45, 7) is 5.67. The Balaban J connectivity index is 0.000000310. The molecule has 1 unspecified atom stereocenters. The van der Waals surface area contributed by atoms with Gasteiger partial charge in [-0.15, -0.1) is 5.56 Å². The molecule has 0 bridgehead atoms. The number of carbonyl (C=O) groups excluding carboxylic acids is 1. The molecule has 4 aromatic rings. The van der Waals surface area contributed by atoms with Gasteiger partial charge in [-0.3, -0.25) is 4.79 Å². The van der Waals surface area contributed by atoms with Crippen molar-refractivity contribution in [3.63, 3.8) is 0 Å². The van der Waals surface area contributed by atoms with Crippen LogP contribution in [0.3, 0.4) is 0 Å². The summed E-state index contributed by atoms with van der Waals surface area (Å²) in [5, 5.41) is 15.9. The second kappa shape index (κ2) is 14.7. The van der Waals surface area contributed by atoms with Crippen LogP contribution in [0.25, 0.3) is 32.8 Å². The molecule has 1 aromatic heterocycles. The molecule has 1 N–H and O–H groups in total. The van der Waals surface area contributed by atoms with E-state index in [1.165, 1.54) is 6.08 Å². The Kier molecular flexibility index (Phi) is 8.95. The molecule has 2 aliphatic carbocycles. The summed E-state index contributed by atoms with van der Waals surface area (Å²) in [6.07, 6.45) is 9.68. The molecule has 1 radical (unpaired) electrons. The summed E-state index contributed by atoms with van der Waals surface area (Å²) < 4.78 is 48.6. The van der Waals surface area contributed by atoms with Crippen molar-refractivity contribution in [1.82, 2.24) is 0 Å². The molecule has 0 saturated heterocycles. The van der Waals surface area contributed by atoms with E-state index in [9.17, 15) is 9.90 Å². The van der Waals surface area contributed by atoms with Gasteiger partial charge in [0.2, 0.25) is 0 Å². The Labute approximate surface area is 295 Å². The Morgan fingerprint density at radius 3 is 2.46 bits per heavy atom. The number of rotatable bonds is 8. The number of allylic oxidation sites excluding steroid dienone is 3. The third kappa shape index (κ3) is 7.69. The van der Waals surface area contributed by atoms with E-state index in [1.54, 1.807) is 6.07 Å². The topological polar surface area (TPSA) is 64.5 Å². The average molecular weight is 799 g/mol. The van der Waals surface area contributed by atoms with Crippen molar-refractivity contribution in [3.05, 3.63) is 106 Å². The Bertz CT molecular complexity index is 1970. The number of aliphatic hydroxyl groups excluding tert-OH is 1. The minimum absolute atomic E-state index is 0. The van der Waals surface area contributed by atoms with Crippen molar-refractivity contribution in [2.24, 2.45) is 17.7 Å². The molecule has 46 heavy (non-hydrogen) atoms. The van der Waals surface area contributed by atoms with E-state index in [2.05, 4.69) is 12.1 Å². The largest absolute Gasteiger partial charge is 0.682 e. The molecule has 5 heteroatoms. The molecule has 2 saturated carbocycles. The molecule has 1 aliphatic heterocycles. The van der Waals surface area contributed by atoms with Crippen LogP contribution in [-0.2, 0) is 24.9 Å². The quantitative estimate of drug-likeness (QED) is 0.110. The Morgan fingerprint density at radius 2 is 1.76 bits per heavy atom. The predicted octanol–water partition coefficient (Wildman–Crippen LogP) is 11.7. The van der Waals surface area contributed by atoms with Crippen molar-refractivity contribution in [1.29, 1.82) is 0 Å². The number of hydrogen-bond donors (Lipinski definition) is 1. The second-order valence-corrected chi connectivity index (χ2v) is 13.5. The molecule has 4 nitrogen and oxygen atoms in total. The number of furan rings is 1. The average Bonchev–Trinajstić information content (AvgIpc) is 3.44. The number of para-hydroxylation sites is 1. The molecule has 2 heterocycles. The normalized spacial score (nSPS) is 21.4. The van der Waals surface area contributed by atoms with Gasteiger partial charge in [-0.25, -0.2) is 0 Å². The first-order chi connectivity index (χ1) is 23.6. The first-order valence-electron chi connectivity index (χ1n) is 18.9. The van der Waals surface area contributed by atoms with Gasteiger partial charge < -0.3 is 14.8 Å². The summed E-state index contributed by atoms with van der Waals surface area (Å²) in [6, 6.07) is 18.2. The Morgan fingerprint density at radius 1 is 1.02 bits per heavy atom. The molecule has 245 valence electrons. The summed E-state index contributed by atoms with van der Waals surface area (Å²) in [5.74, 6) is -0.263. The standard InChI is InChI=1S/C30H27NO.C11H20O2.Ir/c1-18-14-25-22-8-4-5-9-28(22)32-30(25)26(15-18)29-23-13-12-21(19-6-2-3-7-19)16-24(23)27(17-31-29)20-10-11-20;1-8(2)5-10(12)7-11(13)6-9(3)4;/h4-5,8-9,12-14,16-17,19-20,29H,2-3,6-7,10-11H2,1H3;7-9,12H,5-6H2,1-4H3;/q-2;;/b;10-7-;/i1D3,19D,20D;;. The minimum atomic E-state index is -2.33. The van der Waals surface area contributed by atoms with Gasteiger partial charge in [0.25, 0.3) is 0 Å². The zero-order valence-electron chi connectivity index (χ0n) is 32.2. The van der Waals surface area contributed by atoms with Gasteiger partial charge in [0.05, 0.1) is 5.76 Å². The van der Waals surface area contributed by atoms with Crippen molar-refractivity contribution < 1.29 is 41.3 Å². The first-order valence-corrected chi connectivity index (χ1v) is 16.4. The summed E-state index contributed by atoms with van der Waals surface area (Å²) in [5.41, 5.74) is 5.79. The second-order valence-electron chi connectivity index (χ2n) is 13.5. The van der Waals surface area contributed by atoms with Crippen LogP contribution >= 0.6 is 0 Å². The van der Waals surface area contributed by atoms with Crippen LogP contribution < -0.4 is 0 Å². The zero-order valence-corrected chi connectivity index (χ0v) is 29.6. The maximum absolute atomic E-state index is 11.2. The molecule has 3 aromatic carbocycles. The molecule has 2 fully saturated rings. The van der Waals surface area contributed by atoms with Gasteiger partial charge >= 0.3 is 0 Å². The van der Waals surface area contributed by atoms with Crippen LogP contribution in [0.2, 0.25) is 0 Å². The number of nitrogens with zero attached hydrogens (tertiary/aromatic N) is 1. The van der Waals surface area contributed by atoms with Crippen LogP contribution in [0.5, 0.6) is 0 Å². The van der Waals surface area contributed by atoms with E-state index in [0.717, 1.165) is 71.6 Å². The third-order valence-corrected chi connectivity index (χ3v) is 8.75. The summed E-state index contributed by atoms with van der Waals surface area (Å²) in [4.78, 5) is 11.2. The molecular weight excluding hydrogens is 747 g/mol. The van der Waals surface area contributed by atoms with Crippen molar-refractivity contribution in [3.8, 4) is 0 Å². The van der Waals surface area contributed by atoms with Gasteiger partial charge in [0, 0.05) is 56.8 Å². The van der Waals surface area contributed by atoms with Crippen LogP contribution in [-0.4, -0.2) is 10.9 Å². The molecule has 1 atom stereocenters. The van der Waals surface area contributed by atoms with E-state index in [4.69, 9.17) is 16.6 Å². The minimum Gasteiger partial charge on any atom is -0.682 e. The molecule has 0 amide bonds. The van der Waals surface area contributed by atoms with Crippen LogP contribution in [0.4, 0.5) is 0 Å². The summed E-state index contributed by atoms with van der Waals surface area (Å²) in [7, 11) is 0. The monoisotopic (exact) mass is 799 g/mol. The number of aliphatic hydroxyl groups is 1. The molecular formula is C41H47IrNO3-2. The van der Waals surface area contributed by atoms with E-state index in [-0.39, 0.29) is 37.2 Å². The fourth-order valence-electron chi connectivity index (χ4n) is 6.59. The molecule has 0 spiro atoms. The third-order valence-electron chi connectivity index (χ3n) is 8.75. The fourth-order valence-corrected chi connectivity index (χ4v) is 6.59. The predicted molar refractivity (Wildman–Crippen MR) is 185 cm³/mol. The summed E-state index contributed by atoms with van der Waals surface area (Å²) >= 11 is 0.